The minimum atomic E-state index is -2.91. The lowest BCUT2D eigenvalue weighted by molar-refractivity contribution is -0.0497. The summed E-state index contributed by atoms with van der Waals surface area (Å²) in [6.07, 6.45) is 0. The first-order valence-electron chi connectivity index (χ1n) is 6.86. The van der Waals surface area contributed by atoms with E-state index >= 15 is 0 Å². The molecule has 0 unspecified atom stereocenters. The molecule has 0 saturated carbocycles. The number of carbonyl (C=O) groups is 1. The Labute approximate surface area is 136 Å². The third-order valence-electron chi connectivity index (χ3n) is 2.86. The van der Waals surface area contributed by atoms with E-state index in [-0.39, 0.29) is 11.7 Å². The van der Waals surface area contributed by atoms with E-state index in [2.05, 4.69) is 25.0 Å². The Hall–Kier alpha value is -2.29. The lowest BCUT2D eigenvalue weighted by atomic mass is 10.1. The molecule has 6 nitrogen and oxygen atoms in total. The van der Waals surface area contributed by atoms with E-state index in [1.807, 2.05) is 13.8 Å². The number of amides is 2. The second-order valence-electron chi connectivity index (χ2n) is 4.95. The van der Waals surface area contributed by atoms with Gasteiger partial charge in [0.05, 0.1) is 17.1 Å². The molecule has 1 aromatic heterocycles. The number of aromatic nitrogens is 2. The molecule has 0 aliphatic heterocycles. The van der Waals surface area contributed by atoms with Gasteiger partial charge in [0.1, 0.15) is 5.75 Å². The Morgan fingerprint density at radius 1 is 1.39 bits per heavy atom. The van der Waals surface area contributed by atoms with Crippen LogP contribution in [0, 0.1) is 0 Å². The smallest absolute Gasteiger partial charge is 0.387 e. The molecule has 2 aromatic rings. The molecule has 2 N–H and O–H groups in total. The van der Waals surface area contributed by atoms with E-state index in [9.17, 15) is 13.6 Å². The zero-order chi connectivity index (χ0) is 16.8. The summed E-state index contributed by atoms with van der Waals surface area (Å²) in [4.78, 5) is 12.8. The number of halogens is 2. The zero-order valence-electron chi connectivity index (χ0n) is 12.5. The number of urea groups is 1. The maximum Gasteiger partial charge on any atom is 0.387 e. The number of anilines is 1. The van der Waals surface area contributed by atoms with Crippen molar-refractivity contribution in [1.29, 1.82) is 0 Å². The molecule has 2 amide bonds. The van der Waals surface area contributed by atoms with Gasteiger partial charge in [-0.2, -0.15) is 8.78 Å². The number of hydrogen-bond donors (Lipinski definition) is 2. The summed E-state index contributed by atoms with van der Waals surface area (Å²) in [6, 6.07) is 5.33. The summed E-state index contributed by atoms with van der Waals surface area (Å²) in [5.41, 5.74) is 1.20. The van der Waals surface area contributed by atoms with Gasteiger partial charge in [0.25, 0.3) is 0 Å². The number of carbonyl (C=O) groups excluding carboxylic acids is 1. The molecular formula is C14H16F2N4O2S. The molecule has 2 rings (SSSR count). The number of nitrogens with zero attached hydrogens (tertiary/aromatic N) is 2. The zero-order valence-corrected chi connectivity index (χ0v) is 13.4. The van der Waals surface area contributed by atoms with Crippen LogP contribution in [0.2, 0.25) is 0 Å². The van der Waals surface area contributed by atoms with E-state index in [1.165, 1.54) is 29.7 Å². The van der Waals surface area contributed by atoms with Crippen LogP contribution in [0.3, 0.4) is 0 Å². The first kappa shape index (κ1) is 17.1. The van der Waals surface area contributed by atoms with Crippen LogP contribution in [0.5, 0.6) is 5.75 Å². The van der Waals surface area contributed by atoms with Crippen molar-refractivity contribution in [3.63, 3.8) is 0 Å². The van der Waals surface area contributed by atoms with Gasteiger partial charge in [0.15, 0.2) is 0 Å². The molecule has 1 heterocycles. The third kappa shape index (κ3) is 5.13. The largest absolute Gasteiger partial charge is 0.435 e. The normalized spacial score (nSPS) is 10.9. The van der Waals surface area contributed by atoms with E-state index in [0.29, 0.717) is 12.2 Å². The van der Waals surface area contributed by atoms with Gasteiger partial charge in [-0.15, -0.1) is 5.10 Å². The van der Waals surface area contributed by atoms with Crippen molar-refractivity contribution in [3.8, 4) is 5.75 Å². The van der Waals surface area contributed by atoms with Crippen molar-refractivity contribution in [2.24, 2.45) is 0 Å². The quantitative estimate of drug-likeness (QED) is 0.841. The third-order valence-corrected chi connectivity index (χ3v) is 3.60. The highest BCUT2D eigenvalue weighted by atomic mass is 32.1. The number of rotatable bonds is 6. The maximum absolute atomic E-state index is 12.2. The fraction of sp³-hybridized carbons (Fsp3) is 0.357. The van der Waals surface area contributed by atoms with Gasteiger partial charge in [0, 0.05) is 11.8 Å². The monoisotopic (exact) mass is 342 g/mol. The van der Waals surface area contributed by atoms with Gasteiger partial charge in [-0.3, -0.25) is 0 Å². The first-order chi connectivity index (χ1) is 11.0. The second kappa shape index (κ2) is 7.82. The van der Waals surface area contributed by atoms with Gasteiger partial charge in [-0.1, -0.05) is 24.4 Å². The van der Waals surface area contributed by atoms with E-state index < -0.39 is 12.6 Å². The lowest BCUT2D eigenvalue weighted by Crippen LogP contribution is -2.28. The number of hydrogen-bond acceptors (Lipinski definition) is 5. The van der Waals surface area contributed by atoms with E-state index in [4.69, 9.17) is 0 Å². The van der Waals surface area contributed by atoms with Crippen LogP contribution in [0.4, 0.5) is 19.3 Å². The van der Waals surface area contributed by atoms with E-state index in [0.717, 1.165) is 10.6 Å². The number of alkyl halides is 2. The summed E-state index contributed by atoms with van der Waals surface area (Å²) >= 11 is 1.23. The van der Waals surface area contributed by atoms with Crippen LogP contribution >= 0.6 is 11.5 Å². The predicted octanol–water partition coefficient (Wildman–Crippen LogP) is 3.58. The van der Waals surface area contributed by atoms with Crippen molar-refractivity contribution >= 4 is 23.3 Å². The highest BCUT2D eigenvalue weighted by Gasteiger charge is 2.13. The van der Waals surface area contributed by atoms with Crippen LogP contribution in [0.25, 0.3) is 0 Å². The molecular weight excluding hydrogens is 326 g/mol. The second-order valence-corrected chi connectivity index (χ2v) is 5.79. The van der Waals surface area contributed by atoms with Gasteiger partial charge in [-0.25, -0.2) is 4.79 Å². The van der Waals surface area contributed by atoms with Crippen LogP contribution in [-0.4, -0.2) is 22.2 Å². The predicted molar refractivity (Wildman–Crippen MR) is 82.9 cm³/mol. The summed E-state index contributed by atoms with van der Waals surface area (Å²) in [6.45, 7) is 1.38. The molecule has 0 bridgehead atoms. The molecule has 0 aliphatic carbocycles. The SMILES string of the molecule is CC(C)c1nnsc1CNC(=O)Nc1cccc(OC(F)F)c1. The van der Waals surface area contributed by atoms with Crippen LogP contribution < -0.4 is 15.4 Å². The topological polar surface area (TPSA) is 76.1 Å². The van der Waals surface area contributed by atoms with Crippen molar-refractivity contribution in [3.05, 3.63) is 34.8 Å². The van der Waals surface area contributed by atoms with Crippen molar-refractivity contribution in [1.82, 2.24) is 14.9 Å². The first-order valence-corrected chi connectivity index (χ1v) is 7.64. The van der Waals surface area contributed by atoms with Crippen LogP contribution in [0.1, 0.15) is 30.3 Å². The summed E-state index contributed by atoms with van der Waals surface area (Å²) in [5, 5.41) is 9.26. The van der Waals surface area contributed by atoms with Gasteiger partial charge in [0.2, 0.25) is 0 Å². The fourth-order valence-electron chi connectivity index (χ4n) is 1.86. The van der Waals surface area contributed by atoms with Gasteiger partial charge >= 0.3 is 12.6 Å². The molecule has 0 atom stereocenters. The van der Waals surface area contributed by atoms with Gasteiger partial charge < -0.3 is 15.4 Å². The molecule has 0 saturated heterocycles. The standard InChI is InChI=1S/C14H16F2N4O2S/c1-8(2)12-11(23-20-19-12)7-17-14(21)18-9-4-3-5-10(6-9)22-13(15)16/h3-6,8,13H,7H2,1-2H3,(H2,17,18,21). The average molecular weight is 342 g/mol. The van der Waals surface area contributed by atoms with Crippen LogP contribution in [0.15, 0.2) is 24.3 Å². The summed E-state index contributed by atoms with van der Waals surface area (Å²) in [7, 11) is 0. The molecule has 9 heteroatoms. The molecule has 0 radical (unpaired) electrons. The molecule has 1 aromatic carbocycles. The Morgan fingerprint density at radius 2 is 2.17 bits per heavy atom. The molecule has 0 aliphatic rings. The van der Waals surface area contributed by atoms with E-state index in [1.54, 1.807) is 6.07 Å². The average Bonchev–Trinajstić information content (AvgIpc) is 2.93. The Balaban J connectivity index is 1.91. The Morgan fingerprint density at radius 3 is 2.87 bits per heavy atom. The molecule has 0 spiro atoms. The number of ether oxygens (including phenoxy) is 1. The van der Waals surface area contributed by atoms with Crippen molar-refractivity contribution in [2.45, 2.75) is 32.9 Å². The Kier molecular flexibility index (Phi) is 5.80. The Bertz CT molecular complexity index is 664. The highest BCUT2D eigenvalue weighted by Crippen LogP contribution is 2.20. The van der Waals surface area contributed by atoms with Crippen LogP contribution in [-0.2, 0) is 6.54 Å². The molecule has 124 valence electrons. The number of benzene rings is 1. The maximum atomic E-state index is 12.2. The minimum absolute atomic E-state index is 0.0217. The van der Waals surface area contributed by atoms with Crippen molar-refractivity contribution in [2.75, 3.05) is 5.32 Å². The lowest BCUT2D eigenvalue weighted by Gasteiger charge is -2.10. The van der Waals surface area contributed by atoms with Gasteiger partial charge in [-0.05, 0) is 29.6 Å². The number of nitrogens with one attached hydrogen (secondary N) is 2. The molecule has 0 fully saturated rings. The van der Waals surface area contributed by atoms with Crippen molar-refractivity contribution < 1.29 is 18.3 Å². The summed E-state index contributed by atoms with van der Waals surface area (Å²) < 4.78 is 32.5. The summed E-state index contributed by atoms with van der Waals surface area (Å²) in [5.74, 6) is 0.198. The highest BCUT2D eigenvalue weighted by molar-refractivity contribution is 7.05. The minimum Gasteiger partial charge on any atom is -0.435 e. The molecule has 23 heavy (non-hydrogen) atoms. The fourth-order valence-corrected chi connectivity index (χ4v) is 2.60.